The molecule has 0 aliphatic rings. The predicted octanol–water partition coefficient (Wildman–Crippen LogP) is 4.31. The molecule has 0 aliphatic heterocycles. The third-order valence-electron chi connectivity index (χ3n) is 3.60. The van der Waals surface area contributed by atoms with Crippen molar-refractivity contribution >= 4 is 56.1 Å². The normalized spacial score (nSPS) is 11.0. The van der Waals surface area contributed by atoms with E-state index in [1.807, 2.05) is 46.3 Å². The number of H-pyrrole nitrogens is 1. The zero-order valence-electron chi connectivity index (χ0n) is 12.9. The zero-order chi connectivity index (χ0) is 17.2. The summed E-state index contributed by atoms with van der Waals surface area (Å²) in [7, 11) is 0. The summed E-state index contributed by atoms with van der Waals surface area (Å²) in [6.45, 7) is 0.458. The molecule has 0 spiro atoms. The van der Waals surface area contributed by atoms with Gasteiger partial charge in [-0.25, -0.2) is 4.98 Å². The van der Waals surface area contributed by atoms with Gasteiger partial charge in [0, 0.05) is 13.0 Å². The fourth-order valence-corrected chi connectivity index (χ4v) is 4.27. The molecule has 0 radical (unpaired) electrons. The highest BCUT2D eigenvalue weighted by molar-refractivity contribution is 7.71. The first-order chi connectivity index (χ1) is 12.2. The summed E-state index contributed by atoms with van der Waals surface area (Å²) in [4.78, 5) is 17.7. The van der Waals surface area contributed by atoms with Crippen LogP contribution in [0.4, 0.5) is 5.13 Å². The summed E-state index contributed by atoms with van der Waals surface area (Å²) >= 11 is 8.33. The van der Waals surface area contributed by atoms with Crippen molar-refractivity contribution in [2.45, 2.75) is 13.0 Å². The summed E-state index contributed by atoms with van der Waals surface area (Å²) in [5.74, 6) is 0.659. The first kappa shape index (κ1) is 16.1. The molecule has 3 heterocycles. The minimum atomic E-state index is -0.0979. The number of carbonyl (C=O) groups is 1. The van der Waals surface area contributed by atoms with Crippen LogP contribution >= 0.6 is 34.9 Å². The van der Waals surface area contributed by atoms with E-state index >= 15 is 0 Å². The van der Waals surface area contributed by atoms with E-state index in [1.54, 1.807) is 11.3 Å². The molecule has 0 aliphatic carbocycles. The molecular formula is C16H13N5OS3. The standard InChI is InChI=1S/C16H13N5OS3/c22-13(18-15-17-10-4-1-2-5-11(10)25-15)7-8-21-14(19-20-16(21)23)12-6-3-9-24-12/h1-6,9H,7-8H2,(H,20,23)(H,17,18,22). The van der Waals surface area contributed by atoms with Crippen LogP contribution in [-0.4, -0.2) is 25.7 Å². The number of thiazole rings is 1. The number of benzene rings is 1. The summed E-state index contributed by atoms with van der Waals surface area (Å²) in [5, 5.41) is 12.5. The average molecular weight is 388 g/mol. The molecule has 9 heteroatoms. The van der Waals surface area contributed by atoms with Gasteiger partial charge in [-0.1, -0.05) is 29.5 Å². The quantitative estimate of drug-likeness (QED) is 0.501. The fourth-order valence-electron chi connectivity index (χ4n) is 2.44. The number of amides is 1. The molecule has 0 saturated heterocycles. The molecule has 0 saturated carbocycles. The first-order valence-corrected chi connectivity index (χ1v) is 9.65. The van der Waals surface area contributed by atoms with Crippen LogP contribution in [0.2, 0.25) is 0 Å². The van der Waals surface area contributed by atoms with Crippen LogP contribution < -0.4 is 5.32 Å². The molecule has 1 aromatic carbocycles. The number of nitrogens with zero attached hydrogens (tertiary/aromatic N) is 3. The largest absolute Gasteiger partial charge is 0.302 e. The monoisotopic (exact) mass is 387 g/mol. The Morgan fingerprint density at radius 1 is 1.28 bits per heavy atom. The molecule has 0 fully saturated rings. The van der Waals surface area contributed by atoms with Crippen molar-refractivity contribution in [2.24, 2.45) is 0 Å². The highest BCUT2D eigenvalue weighted by Crippen LogP contribution is 2.26. The van der Waals surface area contributed by atoms with Crippen LogP contribution in [0.3, 0.4) is 0 Å². The van der Waals surface area contributed by atoms with Crippen molar-refractivity contribution in [1.82, 2.24) is 19.7 Å². The smallest absolute Gasteiger partial charge is 0.227 e. The van der Waals surface area contributed by atoms with Gasteiger partial charge in [-0.05, 0) is 35.8 Å². The van der Waals surface area contributed by atoms with Crippen LogP contribution in [0.15, 0.2) is 41.8 Å². The molecule has 3 aromatic heterocycles. The maximum Gasteiger partial charge on any atom is 0.227 e. The van der Waals surface area contributed by atoms with Crippen molar-refractivity contribution in [2.75, 3.05) is 5.32 Å². The number of aromatic nitrogens is 4. The Morgan fingerprint density at radius 2 is 2.16 bits per heavy atom. The molecule has 0 atom stereocenters. The lowest BCUT2D eigenvalue weighted by molar-refractivity contribution is -0.116. The SMILES string of the molecule is O=C(CCn1c(-c2cccs2)n[nH]c1=S)Nc1nc2ccccc2s1. The minimum Gasteiger partial charge on any atom is -0.302 e. The fraction of sp³-hybridized carbons (Fsp3) is 0.125. The van der Waals surface area contributed by atoms with Gasteiger partial charge in [-0.3, -0.25) is 14.5 Å². The highest BCUT2D eigenvalue weighted by atomic mass is 32.1. The van der Waals surface area contributed by atoms with E-state index in [1.165, 1.54) is 11.3 Å². The van der Waals surface area contributed by atoms with Crippen molar-refractivity contribution < 1.29 is 4.79 Å². The summed E-state index contributed by atoms with van der Waals surface area (Å²) < 4.78 is 3.41. The third-order valence-corrected chi connectivity index (χ3v) is 5.73. The summed E-state index contributed by atoms with van der Waals surface area (Å²) in [5.41, 5.74) is 0.889. The molecule has 6 nitrogen and oxygen atoms in total. The molecule has 4 rings (SSSR count). The van der Waals surface area contributed by atoms with Gasteiger partial charge in [0.1, 0.15) is 0 Å². The molecule has 0 unspecified atom stereocenters. The van der Waals surface area contributed by atoms with Gasteiger partial charge in [-0.15, -0.1) is 11.3 Å². The number of hydrogen-bond acceptors (Lipinski definition) is 6. The van der Waals surface area contributed by atoms with E-state index in [0.29, 0.717) is 22.9 Å². The van der Waals surface area contributed by atoms with Crippen LogP contribution in [0.1, 0.15) is 6.42 Å². The third kappa shape index (κ3) is 3.39. The number of aromatic amines is 1. The maximum atomic E-state index is 12.3. The van der Waals surface area contributed by atoms with Crippen LogP contribution in [0.5, 0.6) is 0 Å². The second kappa shape index (κ2) is 6.87. The first-order valence-electron chi connectivity index (χ1n) is 7.55. The summed E-state index contributed by atoms with van der Waals surface area (Å²) in [6, 6.07) is 11.7. The van der Waals surface area contributed by atoms with Gasteiger partial charge in [0.25, 0.3) is 0 Å². The van der Waals surface area contributed by atoms with Crippen molar-refractivity contribution in [3.63, 3.8) is 0 Å². The Balaban J connectivity index is 1.46. The van der Waals surface area contributed by atoms with Gasteiger partial charge in [0.05, 0.1) is 15.1 Å². The van der Waals surface area contributed by atoms with E-state index in [2.05, 4.69) is 20.5 Å². The van der Waals surface area contributed by atoms with Crippen LogP contribution in [0, 0.1) is 4.77 Å². The number of fused-ring (bicyclic) bond motifs is 1. The van der Waals surface area contributed by atoms with E-state index in [-0.39, 0.29) is 5.91 Å². The topological polar surface area (TPSA) is 75.6 Å². The number of carbonyl (C=O) groups excluding carboxylic acids is 1. The van der Waals surface area contributed by atoms with E-state index in [9.17, 15) is 4.79 Å². The molecule has 126 valence electrons. The Bertz CT molecular complexity index is 1040. The van der Waals surface area contributed by atoms with Crippen LogP contribution in [0.25, 0.3) is 20.9 Å². The van der Waals surface area contributed by atoms with Gasteiger partial charge in [-0.2, -0.15) is 5.10 Å². The summed E-state index contributed by atoms with van der Waals surface area (Å²) in [6.07, 6.45) is 0.294. The van der Waals surface area contributed by atoms with Gasteiger partial charge >= 0.3 is 0 Å². The number of thiophene rings is 1. The number of para-hydroxylation sites is 1. The predicted molar refractivity (Wildman–Crippen MR) is 104 cm³/mol. The Kier molecular flexibility index (Phi) is 4.43. The number of hydrogen-bond donors (Lipinski definition) is 2. The second-order valence-corrected chi connectivity index (χ2v) is 7.63. The zero-order valence-corrected chi connectivity index (χ0v) is 15.4. The lowest BCUT2D eigenvalue weighted by atomic mass is 10.3. The van der Waals surface area contributed by atoms with E-state index in [0.717, 1.165) is 20.9 Å². The van der Waals surface area contributed by atoms with Gasteiger partial charge in [0.15, 0.2) is 15.7 Å². The Morgan fingerprint density at radius 3 is 2.96 bits per heavy atom. The number of rotatable bonds is 5. The maximum absolute atomic E-state index is 12.3. The Hall–Kier alpha value is -2.36. The number of anilines is 1. The molecule has 4 aromatic rings. The van der Waals surface area contributed by atoms with Gasteiger partial charge in [0.2, 0.25) is 5.91 Å². The molecule has 25 heavy (non-hydrogen) atoms. The number of nitrogens with one attached hydrogen (secondary N) is 2. The van der Waals surface area contributed by atoms with Gasteiger partial charge < -0.3 is 5.32 Å². The molecular weight excluding hydrogens is 374 g/mol. The molecule has 1 amide bonds. The molecule has 0 bridgehead atoms. The Labute approximate surface area is 156 Å². The minimum absolute atomic E-state index is 0.0979. The van der Waals surface area contributed by atoms with Crippen LogP contribution in [-0.2, 0) is 11.3 Å². The lowest BCUT2D eigenvalue weighted by Crippen LogP contribution is -2.14. The average Bonchev–Trinajstić information content (AvgIpc) is 3.31. The lowest BCUT2D eigenvalue weighted by Gasteiger charge is -2.05. The van der Waals surface area contributed by atoms with Crippen molar-refractivity contribution in [3.8, 4) is 10.7 Å². The second-order valence-electron chi connectivity index (χ2n) is 5.27. The highest BCUT2D eigenvalue weighted by Gasteiger charge is 2.12. The molecule has 2 N–H and O–H groups in total. The van der Waals surface area contributed by atoms with E-state index < -0.39 is 0 Å². The van der Waals surface area contributed by atoms with Crippen molar-refractivity contribution in [3.05, 3.63) is 46.5 Å². The van der Waals surface area contributed by atoms with E-state index in [4.69, 9.17) is 12.2 Å². The van der Waals surface area contributed by atoms with Crippen molar-refractivity contribution in [1.29, 1.82) is 0 Å².